The minimum Gasteiger partial charge on any atom is -0.503 e. The number of hydrogen-bond acceptors (Lipinski definition) is 5. The number of hydrogen-bond donors (Lipinski definition) is 0. The standard InChI is InChI=1S/C27H22Cl2O5/c1-32-17-24(27(31)33-2)22-6-4-3-5-19(22)16-34-26-14-12-21(29)15-23(26)25(30)13-9-18-7-10-20(28)11-8-18/h3-15,17H,16H2,1-2H3/b13-9+,24-17+. The summed E-state index contributed by atoms with van der Waals surface area (Å²) >= 11 is 12.1. The van der Waals surface area contributed by atoms with Gasteiger partial charge in [-0.2, -0.15) is 0 Å². The summed E-state index contributed by atoms with van der Waals surface area (Å²) in [6.07, 6.45) is 4.46. The molecule has 0 bridgehead atoms. The lowest BCUT2D eigenvalue weighted by atomic mass is 10.0. The van der Waals surface area contributed by atoms with Crippen LogP contribution in [0.25, 0.3) is 11.6 Å². The van der Waals surface area contributed by atoms with E-state index >= 15 is 0 Å². The van der Waals surface area contributed by atoms with Crippen molar-refractivity contribution in [3.63, 3.8) is 0 Å². The van der Waals surface area contributed by atoms with Gasteiger partial charge in [0, 0.05) is 10.0 Å². The molecule has 34 heavy (non-hydrogen) atoms. The van der Waals surface area contributed by atoms with Crippen LogP contribution in [0.4, 0.5) is 0 Å². The molecule has 5 nitrogen and oxygen atoms in total. The third kappa shape index (κ3) is 6.50. The van der Waals surface area contributed by atoms with Crippen molar-refractivity contribution < 1.29 is 23.8 Å². The van der Waals surface area contributed by atoms with Crippen LogP contribution in [-0.2, 0) is 20.9 Å². The first-order valence-electron chi connectivity index (χ1n) is 10.2. The summed E-state index contributed by atoms with van der Waals surface area (Å²) in [6, 6.07) is 19.2. The summed E-state index contributed by atoms with van der Waals surface area (Å²) in [7, 11) is 2.75. The largest absolute Gasteiger partial charge is 0.503 e. The number of rotatable bonds is 9. The average molecular weight is 497 g/mol. The number of benzene rings is 3. The highest BCUT2D eigenvalue weighted by molar-refractivity contribution is 6.31. The lowest BCUT2D eigenvalue weighted by Gasteiger charge is -2.14. The summed E-state index contributed by atoms with van der Waals surface area (Å²) in [5.74, 6) is -0.445. The summed E-state index contributed by atoms with van der Waals surface area (Å²) < 4.78 is 15.9. The van der Waals surface area contributed by atoms with Crippen LogP contribution >= 0.6 is 23.2 Å². The fraction of sp³-hybridized carbons (Fsp3) is 0.111. The molecule has 0 fully saturated rings. The Bertz CT molecular complexity index is 1230. The summed E-state index contributed by atoms with van der Waals surface area (Å²) in [5, 5.41) is 1.02. The van der Waals surface area contributed by atoms with Crippen molar-refractivity contribution in [1.82, 2.24) is 0 Å². The Kier molecular flexibility index (Phi) is 8.91. The topological polar surface area (TPSA) is 61.8 Å². The van der Waals surface area contributed by atoms with Crippen molar-refractivity contribution in [2.24, 2.45) is 0 Å². The van der Waals surface area contributed by atoms with Gasteiger partial charge in [-0.15, -0.1) is 0 Å². The van der Waals surface area contributed by atoms with Crippen molar-refractivity contribution in [3.8, 4) is 5.75 Å². The zero-order chi connectivity index (χ0) is 24.5. The van der Waals surface area contributed by atoms with E-state index in [2.05, 4.69) is 0 Å². The van der Waals surface area contributed by atoms with Gasteiger partial charge in [0.1, 0.15) is 17.9 Å². The highest BCUT2D eigenvalue weighted by Gasteiger charge is 2.18. The van der Waals surface area contributed by atoms with E-state index in [-0.39, 0.29) is 18.0 Å². The molecule has 0 aliphatic carbocycles. The maximum atomic E-state index is 12.9. The molecule has 0 aliphatic rings. The van der Waals surface area contributed by atoms with E-state index in [1.54, 1.807) is 48.5 Å². The normalized spacial score (nSPS) is 11.4. The van der Waals surface area contributed by atoms with Crippen molar-refractivity contribution in [2.75, 3.05) is 14.2 Å². The number of methoxy groups -OCH3 is 2. The van der Waals surface area contributed by atoms with E-state index in [0.717, 1.165) is 5.56 Å². The Morgan fingerprint density at radius 3 is 2.29 bits per heavy atom. The van der Waals surface area contributed by atoms with Gasteiger partial charge in [-0.05, 0) is 53.1 Å². The minimum atomic E-state index is -0.538. The van der Waals surface area contributed by atoms with Gasteiger partial charge in [-0.25, -0.2) is 4.79 Å². The number of carbonyl (C=O) groups excluding carboxylic acids is 2. The van der Waals surface area contributed by atoms with Gasteiger partial charge in [0.15, 0.2) is 5.78 Å². The molecule has 3 rings (SSSR count). The molecule has 0 saturated carbocycles. The number of ketones is 1. The van der Waals surface area contributed by atoms with E-state index in [4.69, 9.17) is 37.4 Å². The molecule has 0 amide bonds. The van der Waals surface area contributed by atoms with Crippen LogP contribution in [-0.4, -0.2) is 26.0 Å². The number of ether oxygens (including phenoxy) is 3. The van der Waals surface area contributed by atoms with E-state index in [1.807, 2.05) is 24.3 Å². The zero-order valence-electron chi connectivity index (χ0n) is 18.6. The van der Waals surface area contributed by atoms with Crippen LogP contribution < -0.4 is 4.74 Å². The van der Waals surface area contributed by atoms with Crippen LogP contribution in [0.1, 0.15) is 27.0 Å². The van der Waals surface area contributed by atoms with Gasteiger partial charge in [-0.3, -0.25) is 4.79 Å². The van der Waals surface area contributed by atoms with Crippen molar-refractivity contribution in [1.29, 1.82) is 0 Å². The Balaban J connectivity index is 1.85. The Morgan fingerprint density at radius 2 is 1.59 bits per heavy atom. The summed E-state index contributed by atoms with van der Waals surface area (Å²) in [6.45, 7) is 0.0943. The van der Waals surface area contributed by atoms with E-state index in [1.165, 1.54) is 26.6 Å². The molecular weight excluding hydrogens is 475 g/mol. The predicted molar refractivity (Wildman–Crippen MR) is 134 cm³/mol. The molecule has 0 aliphatic heterocycles. The Labute approximate surface area is 208 Å². The molecule has 0 N–H and O–H groups in total. The summed E-state index contributed by atoms with van der Waals surface area (Å²) in [4.78, 5) is 25.2. The molecule has 0 aromatic heterocycles. The first kappa shape index (κ1) is 25.1. The van der Waals surface area contributed by atoms with Crippen molar-refractivity contribution >= 4 is 46.6 Å². The quantitative estimate of drug-likeness (QED) is 0.144. The van der Waals surface area contributed by atoms with Crippen molar-refractivity contribution in [2.45, 2.75) is 6.61 Å². The van der Waals surface area contributed by atoms with E-state index in [9.17, 15) is 9.59 Å². The molecule has 0 unspecified atom stereocenters. The predicted octanol–water partition coefficient (Wildman–Crippen LogP) is 6.63. The van der Waals surface area contributed by atoms with Gasteiger partial charge in [0.25, 0.3) is 0 Å². The van der Waals surface area contributed by atoms with Gasteiger partial charge in [0.05, 0.1) is 26.0 Å². The van der Waals surface area contributed by atoms with Gasteiger partial charge in [0.2, 0.25) is 0 Å². The number of halogens is 2. The molecule has 0 heterocycles. The molecular formula is C27H22Cl2O5. The SMILES string of the molecule is CO/C=C(/C(=O)OC)c1ccccc1COc1ccc(Cl)cc1C(=O)/C=C/c1ccc(Cl)cc1. The second kappa shape index (κ2) is 12.1. The second-order valence-corrected chi connectivity index (χ2v) is 7.97. The highest BCUT2D eigenvalue weighted by Crippen LogP contribution is 2.27. The first-order chi connectivity index (χ1) is 16.4. The van der Waals surface area contributed by atoms with Crippen LogP contribution in [0.3, 0.4) is 0 Å². The number of allylic oxidation sites excluding steroid dienone is 1. The summed E-state index contributed by atoms with van der Waals surface area (Å²) in [5.41, 5.74) is 2.71. The van der Waals surface area contributed by atoms with Crippen molar-refractivity contribution in [3.05, 3.63) is 111 Å². The molecule has 3 aromatic carbocycles. The molecule has 0 spiro atoms. The molecule has 7 heteroatoms. The van der Waals surface area contributed by atoms with Crippen LogP contribution in [0.15, 0.2) is 79.1 Å². The average Bonchev–Trinajstić information content (AvgIpc) is 2.85. The lowest BCUT2D eigenvalue weighted by Crippen LogP contribution is -2.09. The van der Waals surface area contributed by atoms with Crippen LogP contribution in [0.5, 0.6) is 5.75 Å². The lowest BCUT2D eigenvalue weighted by molar-refractivity contribution is -0.133. The monoisotopic (exact) mass is 496 g/mol. The van der Waals surface area contributed by atoms with Crippen LogP contribution in [0, 0.1) is 0 Å². The highest BCUT2D eigenvalue weighted by atomic mass is 35.5. The maximum absolute atomic E-state index is 12.9. The number of carbonyl (C=O) groups is 2. The first-order valence-corrected chi connectivity index (χ1v) is 11.0. The van der Waals surface area contributed by atoms with Crippen LogP contribution in [0.2, 0.25) is 10.0 Å². The third-order valence-electron chi connectivity index (χ3n) is 4.84. The molecule has 0 saturated heterocycles. The molecule has 0 radical (unpaired) electrons. The maximum Gasteiger partial charge on any atom is 0.341 e. The second-order valence-electron chi connectivity index (χ2n) is 7.09. The van der Waals surface area contributed by atoms with Gasteiger partial charge >= 0.3 is 5.97 Å². The Hall–Kier alpha value is -3.54. The fourth-order valence-electron chi connectivity index (χ4n) is 3.17. The van der Waals surface area contributed by atoms with E-state index in [0.29, 0.717) is 32.5 Å². The molecule has 174 valence electrons. The zero-order valence-corrected chi connectivity index (χ0v) is 20.1. The number of esters is 1. The molecule has 0 atom stereocenters. The molecule has 3 aromatic rings. The smallest absolute Gasteiger partial charge is 0.341 e. The van der Waals surface area contributed by atoms with Gasteiger partial charge < -0.3 is 14.2 Å². The minimum absolute atomic E-state index is 0.0943. The van der Waals surface area contributed by atoms with Gasteiger partial charge in [-0.1, -0.05) is 65.7 Å². The fourth-order valence-corrected chi connectivity index (χ4v) is 3.47. The van der Waals surface area contributed by atoms with E-state index < -0.39 is 5.97 Å². The third-order valence-corrected chi connectivity index (χ3v) is 5.32. The Morgan fingerprint density at radius 1 is 0.882 bits per heavy atom.